The Morgan fingerprint density at radius 1 is 1.35 bits per heavy atom. The largest absolute Gasteiger partial charge is 0.459 e. The lowest BCUT2D eigenvalue weighted by atomic mass is 10.3. The standard InChI is InChI=1S/C12H17N3O2/c1-3-13-7-4-5-10-14-15-12(17-10)11-9(2)6-8-16-11/h6,8,13H,3-5,7H2,1-2H3. The van der Waals surface area contributed by atoms with E-state index in [1.165, 1.54) is 0 Å². The molecule has 2 heterocycles. The van der Waals surface area contributed by atoms with Crippen molar-refractivity contribution in [2.75, 3.05) is 13.1 Å². The molecule has 0 aromatic carbocycles. The van der Waals surface area contributed by atoms with Gasteiger partial charge in [0.25, 0.3) is 5.89 Å². The van der Waals surface area contributed by atoms with Crippen molar-refractivity contribution in [1.29, 1.82) is 0 Å². The molecule has 0 aliphatic heterocycles. The summed E-state index contributed by atoms with van der Waals surface area (Å²) in [6, 6.07) is 1.88. The van der Waals surface area contributed by atoms with E-state index in [9.17, 15) is 0 Å². The van der Waals surface area contributed by atoms with Gasteiger partial charge in [-0.05, 0) is 32.5 Å². The van der Waals surface area contributed by atoms with Crippen molar-refractivity contribution in [1.82, 2.24) is 15.5 Å². The molecule has 92 valence electrons. The number of nitrogens with one attached hydrogen (secondary N) is 1. The molecule has 2 aromatic rings. The third-order valence-electron chi connectivity index (χ3n) is 2.52. The van der Waals surface area contributed by atoms with Crippen LogP contribution in [0.25, 0.3) is 11.7 Å². The summed E-state index contributed by atoms with van der Waals surface area (Å²) >= 11 is 0. The molecule has 1 N–H and O–H groups in total. The molecule has 0 fully saturated rings. The number of furan rings is 1. The average molecular weight is 235 g/mol. The third-order valence-corrected chi connectivity index (χ3v) is 2.52. The topological polar surface area (TPSA) is 64.1 Å². The quantitative estimate of drug-likeness (QED) is 0.777. The molecule has 0 spiro atoms. The Hall–Kier alpha value is -1.62. The summed E-state index contributed by atoms with van der Waals surface area (Å²) in [6.45, 7) is 5.99. The second kappa shape index (κ2) is 5.63. The molecule has 0 radical (unpaired) electrons. The van der Waals surface area contributed by atoms with Gasteiger partial charge in [0.2, 0.25) is 5.89 Å². The number of hydrogen-bond acceptors (Lipinski definition) is 5. The minimum Gasteiger partial charge on any atom is -0.459 e. The van der Waals surface area contributed by atoms with Gasteiger partial charge in [0.1, 0.15) is 0 Å². The lowest BCUT2D eigenvalue weighted by Gasteiger charge is -1.97. The normalized spacial score (nSPS) is 10.9. The Morgan fingerprint density at radius 2 is 2.24 bits per heavy atom. The van der Waals surface area contributed by atoms with Crippen LogP contribution in [-0.4, -0.2) is 23.3 Å². The molecular weight excluding hydrogens is 218 g/mol. The van der Waals surface area contributed by atoms with E-state index in [0.717, 1.165) is 31.5 Å². The van der Waals surface area contributed by atoms with Crippen molar-refractivity contribution in [2.24, 2.45) is 0 Å². The second-order valence-corrected chi connectivity index (χ2v) is 3.89. The van der Waals surface area contributed by atoms with Gasteiger partial charge >= 0.3 is 0 Å². The van der Waals surface area contributed by atoms with E-state index in [-0.39, 0.29) is 0 Å². The van der Waals surface area contributed by atoms with Crippen LogP contribution in [0.5, 0.6) is 0 Å². The summed E-state index contributed by atoms with van der Waals surface area (Å²) in [5.41, 5.74) is 1.01. The SMILES string of the molecule is CCNCCCc1nnc(-c2occc2C)o1. The number of nitrogens with zero attached hydrogens (tertiary/aromatic N) is 2. The number of hydrogen-bond donors (Lipinski definition) is 1. The maximum Gasteiger partial charge on any atom is 0.283 e. The predicted octanol–water partition coefficient (Wildman–Crippen LogP) is 2.18. The number of aromatic nitrogens is 2. The highest BCUT2D eigenvalue weighted by molar-refractivity contribution is 5.49. The van der Waals surface area contributed by atoms with Crippen LogP contribution < -0.4 is 5.32 Å². The van der Waals surface area contributed by atoms with E-state index >= 15 is 0 Å². The highest BCUT2D eigenvalue weighted by Crippen LogP contribution is 2.22. The van der Waals surface area contributed by atoms with Crippen molar-refractivity contribution in [2.45, 2.75) is 26.7 Å². The maximum atomic E-state index is 5.55. The van der Waals surface area contributed by atoms with Crippen LogP contribution in [0.1, 0.15) is 24.8 Å². The first-order valence-electron chi connectivity index (χ1n) is 5.89. The van der Waals surface area contributed by atoms with Gasteiger partial charge in [0.05, 0.1) is 6.26 Å². The summed E-state index contributed by atoms with van der Waals surface area (Å²) in [6.07, 6.45) is 3.41. The maximum absolute atomic E-state index is 5.55. The van der Waals surface area contributed by atoms with Crippen LogP contribution in [0.3, 0.4) is 0 Å². The molecule has 0 saturated heterocycles. The Morgan fingerprint density at radius 3 is 2.94 bits per heavy atom. The Bertz CT molecular complexity index is 462. The van der Waals surface area contributed by atoms with Gasteiger partial charge in [-0.15, -0.1) is 10.2 Å². The Labute approximate surface area is 100 Å². The molecule has 5 nitrogen and oxygen atoms in total. The highest BCUT2D eigenvalue weighted by atomic mass is 16.4. The van der Waals surface area contributed by atoms with Gasteiger partial charge in [0, 0.05) is 12.0 Å². The van der Waals surface area contributed by atoms with Gasteiger partial charge < -0.3 is 14.2 Å². The fraction of sp³-hybridized carbons (Fsp3) is 0.500. The van der Waals surface area contributed by atoms with Gasteiger partial charge in [-0.3, -0.25) is 0 Å². The van der Waals surface area contributed by atoms with Gasteiger partial charge in [-0.25, -0.2) is 0 Å². The summed E-state index contributed by atoms with van der Waals surface area (Å²) in [5.74, 6) is 1.79. The monoisotopic (exact) mass is 235 g/mol. The van der Waals surface area contributed by atoms with E-state index in [2.05, 4.69) is 22.4 Å². The van der Waals surface area contributed by atoms with E-state index in [4.69, 9.17) is 8.83 Å². The summed E-state index contributed by atoms with van der Waals surface area (Å²) in [5, 5.41) is 11.2. The first-order chi connectivity index (χ1) is 8.31. The van der Waals surface area contributed by atoms with Crippen LogP contribution in [-0.2, 0) is 6.42 Å². The van der Waals surface area contributed by atoms with Gasteiger partial charge in [0.15, 0.2) is 5.76 Å². The lowest BCUT2D eigenvalue weighted by Crippen LogP contribution is -2.14. The lowest BCUT2D eigenvalue weighted by molar-refractivity contribution is 0.471. The van der Waals surface area contributed by atoms with E-state index in [1.807, 2.05) is 13.0 Å². The van der Waals surface area contributed by atoms with E-state index < -0.39 is 0 Å². The zero-order valence-corrected chi connectivity index (χ0v) is 10.2. The van der Waals surface area contributed by atoms with Crippen molar-refractivity contribution in [3.05, 3.63) is 23.8 Å². The molecule has 2 rings (SSSR count). The summed E-state index contributed by atoms with van der Waals surface area (Å²) < 4.78 is 10.8. The summed E-state index contributed by atoms with van der Waals surface area (Å²) in [7, 11) is 0. The number of aryl methyl sites for hydroxylation is 2. The van der Waals surface area contributed by atoms with Gasteiger partial charge in [-0.2, -0.15) is 0 Å². The zero-order valence-electron chi connectivity index (χ0n) is 10.2. The summed E-state index contributed by atoms with van der Waals surface area (Å²) in [4.78, 5) is 0. The molecular formula is C12H17N3O2. The van der Waals surface area contributed by atoms with Crippen molar-refractivity contribution < 1.29 is 8.83 Å². The first-order valence-corrected chi connectivity index (χ1v) is 5.89. The van der Waals surface area contributed by atoms with Crippen molar-refractivity contribution in [3.63, 3.8) is 0 Å². The molecule has 0 atom stereocenters. The van der Waals surface area contributed by atoms with E-state index in [0.29, 0.717) is 17.5 Å². The second-order valence-electron chi connectivity index (χ2n) is 3.89. The molecule has 0 unspecified atom stereocenters. The van der Waals surface area contributed by atoms with Crippen LogP contribution in [0, 0.1) is 6.92 Å². The zero-order chi connectivity index (χ0) is 12.1. The van der Waals surface area contributed by atoms with Crippen LogP contribution in [0.2, 0.25) is 0 Å². The molecule has 2 aromatic heterocycles. The van der Waals surface area contributed by atoms with Crippen LogP contribution in [0.15, 0.2) is 21.2 Å². The average Bonchev–Trinajstić information content (AvgIpc) is 2.93. The highest BCUT2D eigenvalue weighted by Gasteiger charge is 2.13. The Balaban J connectivity index is 1.95. The smallest absolute Gasteiger partial charge is 0.283 e. The van der Waals surface area contributed by atoms with Crippen LogP contribution in [0.4, 0.5) is 0 Å². The fourth-order valence-electron chi connectivity index (χ4n) is 1.58. The van der Waals surface area contributed by atoms with Gasteiger partial charge in [-0.1, -0.05) is 6.92 Å². The minimum atomic E-state index is 0.464. The van der Waals surface area contributed by atoms with Crippen LogP contribution >= 0.6 is 0 Å². The predicted molar refractivity (Wildman–Crippen MR) is 63.6 cm³/mol. The molecule has 5 heteroatoms. The molecule has 0 bridgehead atoms. The molecule has 0 amide bonds. The molecule has 0 aliphatic carbocycles. The fourth-order valence-corrected chi connectivity index (χ4v) is 1.58. The van der Waals surface area contributed by atoms with Crippen molar-refractivity contribution >= 4 is 0 Å². The Kier molecular flexibility index (Phi) is 3.93. The molecule has 0 aliphatic rings. The first kappa shape index (κ1) is 11.9. The van der Waals surface area contributed by atoms with E-state index in [1.54, 1.807) is 6.26 Å². The molecule has 17 heavy (non-hydrogen) atoms. The third kappa shape index (κ3) is 2.94. The number of rotatable bonds is 6. The minimum absolute atomic E-state index is 0.464. The van der Waals surface area contributed by atoms with Crippen molar-refractivity contribution in [3.8, 4) is 11.7 Å². The molecule has 0 saturated carbocycles.